The van der Waals surface area contributed by atoms with E-state index < -0.39 is 11.5 Å². The van der Waals surface area contributed by atoms with Gasteiger partial charge in [0.05, 0.1) is 0 Å². The monoisotopic (exact) mass is 217 g/mol. The topological polar surface area (TPSA) is 49.3 Å². The van der Waals surface area contributed by atoms with Crippen LogP contribution in [0.25, 0.3) is 5.57 Å². The summed E-state index contributed by atoms with van der Waals surface area (Å²) in [5.74, 6) is -0.780. The predicted molar refractivity (Wildman–Crippen MR) is 62.8 cm³/mol. The summed E-state index contributed by atoms with van der Waals surface area (Å²) in [7, 11) is 0. The second kappa shape index (κ2) is 4.00. The minimum absolute atomic E-state index is 0.544. The lowest BCUT2D eigenvalue weighted by Gasteiger charge is -2.23. The number of rotatable bonds is 3. The first-order chi connectivity index (χ1) is 7.68. The van der Waals surface area contributed by atoms with Crippen LogP contribution in [0.5, 0.6) is 0 Å². The van der Waals surface area contributed by atoms with Gasteiger partial charge in [0, 0.05) is 12.6 Å². The number of nitrogens with one attached hydrogen (secondary N) is 1. The zero-order chi connectivity index (χ0) is 11.6. The molecule has 1 aliphatic rings. The first kappa shape index (κ1) is 10.7. The van der Waals surface area contributed by atoms with Crippen molar-refractivity contribution in [2.75, 3.05) is 0 Å². The molecule has 0 saturated heterocycles. The standard InChI is InChI=1S/C13H15NO2/c1-2-13(12(15)16)8-11(9-14-13)10-6-4-3-5-7-10/h3-7,9,14H,2,8H2,1H3,(H,15,16). The fraction of sp³-hybridized carbons (Fsp3) is 0.308. The second-order valence-electron chi connectivity index (χ2n) is 4.10. The molecule has 3 nitrogen and oxygen atoms in total. The van der Waals surface area contributed by atoms with Crippen molar-refractivity contribution in [3.8, 4) is 0 Å². The molecule has 1 aliphatic heterocycles. The maximum absolute atomic E-state index is 11.2. The second-order valence-corrected chi connectivity index (χ2v) is 4.10. The molecule has 0 fully saturated rings. The van der Waals surface area contributed by atoms with Crippen LogP contribution < -0.4 is 5.32 Å². The van der Waals surface area contributed by atoms with Crippen LogP contribution in [0.3, 0.4) is 0 Å². The molecule has 0 saturated carbocycles. The zero-order valence-corrected chi connectivity index (χ0v) is 9.23. The smallest absolute Gasteiger partial charge is 0.329 e. The molecule has 0 bridgehead atoms. The molecule has 2 rings (SSSR count). The van der Waals surface area contributed by atoms with E-state index >= 15 is 0 Å². The summed E-state index contributed by atoms with van der Waals surface area (Å²) in [6, 6.07) is 9.88. The molecule has 0 amide bonds. The van der Waals surface area contributed by atoms with E-state index in [2.05, 4.69) is 5.32 Å². The number of carboxylic acids is 1. The molecule has 0 aromatic heterocycles. The van der Waals surface area contributed by atoms with Gasteiger partial charge in [-0.2, -0.15) is 0 Å². The highest BCUT2D eigenvalue weighted by atomic mass is 16.4. The van der Waals surface area contributed by atoms with Crippen molar-refractivity contribution in [3.05, 3.63) is 42.1 Å². The quantitative estimate of drug-likeness (QED) is 0.816. The number of carboxylic acid groups (broad SMARTS) is 1. The Labute approximate surface area is 94.8 Å². The van der Waals surface area contributed by atoms with E-state index in [4.69, 9.17) is 0 Å². The lowest BCUT2D eigenvalue weighted by Crippen LogP contribution is -2.46. The molecular formula is C13H15NO2. The van der Waals surface area contributed by atoms with Crippen molar-refractivity contribution in [2.45, 2.75) is 25.3 Å². The summed E-state index contributed by atoms with van der Waals surface area (Å²) in [6.45, 7) is 1.89. The van der Waals surface area contributed by atoms with E-state index in [1.54, 1.807) is 0 Å². The predicted octanol–water partition coefficient (Wildman–Crippen LogP) is 2.25. The Bertz CT molecular complexity index is 425. The van der Waals surface area contributed by atoms with Crippen LogP contribution in [0.15, 0.2) is 36.5 Å². The van der Waals surface area contributed by atoms with Crippen molar-refractivity contribution in [3.63, 3.8) is 0 Å². The van der Waals surface area contributed by atoms with Crippen LogP contribution in [0.1, 0.15) is 25.3 Å². The van der Waals surface area contributed by atoms with Crippen molar-refractivity contribution >= 4 is 11.5 Å². The van der Waals surface area contributed by atoms with Crippen LogP contribution in [0, 0.1) is 0 Å². The maximum Gasteiger partial charge on any atom is 0.329 e. The van der Waals surface area contributed by atoms with E-state index in [0.29, 0.717) is 12.8 Å². The molecule has 2 N–H and O–H groups in total. The molecular weight excluding hydrogens is 202 g/mol. The van der Waals surface area contributed by atoms with Crippen LogP contribution in [-0.2, 0) is 4.79 Å². The molecule has 3 heteroatoms. The van der Waals surface area contributed by atoms with E-state index in [0.717, 1.165) is 11.1 Å². The van der Waals surface area contributed by atoms with Crippen molar-refractivity contribution in [1.82, 2.24) is 5.32 Å². The van der Waals surface area contributed by atoms with Gasteiger partial charge in [-0.05, 0) is 17.6 Å². The molecule has 0 spiro atoms. The summed E-state index contributed by atoms with van der Waals surface area (Å²) in [5.41, 5.74) is 1.34. The van der Waals surface area contributed by atoms with Gasteiger partial charge in [-0.15, -0.1) is 0 Å². The maximum atomic E-state index is 11.2. The molecule has 16 heavy (non-hydrogen) atoms. The zero-order valence-electron chi connectivity index (χ0n) is 9.23. The fourth-order valence-corrected chi connectivity index (χ4v) is 2.01. The number of benzene rings is 1. The van der Waals surface area contributed by atoms with Crippen molar-refractivity contribution in [2.24, 2.45) is 0 Å². The number of hydrogen-bond donors (Lipinski definition) is 2. The Balaban J connectivity index is 2.22. The minimum Gasteiger partial charge on any atom is -0.479 e. The summed E-state index contributed by atoms with van der Waals surface area (Å²) in [6.07, 6.45) is 2.95. The first-order valence-corrected chi connectivity index (χ1v) is 5.43. The SMILES string of the molecule is CCC1(C(=O)O)CC(c2ccccc2)=CN1. The molecule has 84 valence electrons. The van der Waals surface area contributed by atoms with Gasteiger partial charge in [-0.1, -0.05) is 37.3 Å². The fourth-order valence-electron chi connectivity index (χ4n) is 2.01. The lowest BCUT2D eigenvalue weighted by molar-refractivity contribution is -0.144. The summed E-state index contributed by atoms with van der Waals surface area (Å²) < 4.78 is 0. The lowest BCUT2D eigenvalue weighted by atomic mass is 9.89. The van der Waals surface area contributed by atoms with E-state index in [9.17, 15) is 9.90 Å². The Hall–Kier alpha value is -1.77. The number of carbonyl (C=O) groups is 1. The molecule has 0 radical (unpaired) electrons. The summed E-state index contributed by atoms with van der Waals surface area (Å²) >= 11 is 0. The van der Waals surface area contributed by atoms with Gasteiger partial charge in [0.2, 0.25) is 0 Å². The van der Waals surface area contributed by atoms with E-state index in [-0.39, 0.29) is 0 Å². The number of aliphatic carboxylic acids is 1. The van der Waals surface area contributed by atoms with E-state index in [1.807, 2.05) is 43.5 Å². The third-order valence-electron chi connectivity index (χ3n) is 3.17. The Morgan fingerprint density at radius 2 is 2.12 bits per heavy atom. The van der Waals surface area contributed by atoms with Gasteiger partial charge in [-0.3, -0.25) is 0 Å². The molecule has 1 atom stereocenters. The Kier molecular flexibility index (Phi) is 2.69. The molecule has 1 aromatic rings. The third-order valence-corrected chi connectivity index (χ3v) is 3.17. The Morgan fingerprint density at radius 1 is 1.44 bits per heavy atom. The largest absolute Gasteiger partial charge is 0.479 e. The van der Waals surface area contributed by atoms with Gasteiger partial charge in [0.15, 0.2) is 0 Å². The van der Waals surface area contributed by atoms with Crippen LogP contribution >= 0.6 is 0 Å². The van der Waals surface area contributed by atoms with Crippen LogP contribution in [0.4, 0.5) is 0 Å². The highest BCUT2D eigenvalue weighted by Gasteiger charge is 2.40. The molecule has 0 aliphatic carbocycles. The Morgan fingerprint density at radius 3 is 2.62 bits per heavy atom. The van der Waals surface area contributed by atoms with Gasteiger partial charge in [0.25, 0.3) is 0 Å². The molecule has 1 aromatic carbocycles. The van der Waals surface area contributed by atoms with Crippen LogP contribution in [0.2, 0.25) is 0 Å². The first-order valence-electron chi connectivity index (χ1n) is 5.43. The highest BCUT2D eigenvalue weighted by Crippen LogP contribution is 2.32. The normalized spacial score (nSPS) is 23.7. The molecule has 1 heterocycles. The average molecular weight is 217 g/mol. The number of hydrogen-bond acceptors (Lipinski definition) is 2. The third kappa shape index (κ3) is 1.69. The van der Waals surface area contributed by atoms with Gasteiger partial charge in [0.1, 0.15) is 5.54 Å². The average Bonchev–Trinajstić information content (AvgIpc) is 2.76. The van der Waals surface area contributed by atoms with Crippen molar-refractivity contribution in [1.29, 1.82) is 0 Å². The summed E-state index contributed by atoms with van der Waals surface area (Å²) in [4.78, 5) is 11.2. The highest BCUT2D eigenvalue weighted by molar-refractivity contribution is 5.85. The van der Waals surface area contributed by atoms with Crippen molar-refractivity contribution < 1.29 is 9.90 Å². The minimum atomic E-state index is -0.814. The van der Waals surface area contributed by atoms with E-state index in [1.165, 1.54) is 0 Å². The molecule has 1 unspecified atom stereocenters. The van der Waals surface area contributed by atoms with Gasteiger partial charge < -0.3 is 10.4 Å². The van der Waals surface area contributed by atoms with Crippen LogP contribution in [-0.4, -0.2) is 16.6 Å². The summed E-state index contributed by atoms with van der Waals surface area (Å²) in [5, 5.41) is 12.2. The van der Waals surface area contributed by atoms with Gasteiger partial charge >= 0.3 is 5.97 Å². The van der Waals surface area contributed by atoms with Gasteiger partial charge in [-0.25, -0.2) is 4.79 Å².